The molecule has 0 N–H and O–H groups in total. The third kappa shape index (κ3) is 3.46. The number of rotatable bonds is 5. The quantitative estimate of drug-likeness (QED) is 0.425. The van der Waals surface area contributed by atoms with Crippen LogP contribution < -0.4 is 10.2 Å². The summed E-state index contributed by atoms with van der Waals surface area (Å²) in [5, 5.41) is 11.1. The predicted molar refractivity (Wildman–Crippen MR) is 117 cm³/mol. The van der Waals surface area contributed by atoms with Gasteiger partial charge in [-0.05, 0) is 29.7 Å². The van der Waals surface area contributed by atoms with Crippen LogP contribution in [0.4, 0.5) is 4.39 Å². The number of alkyl halides is 1. The zero-order chi connectivity index (χ0) is 21.2. The first-order valence-electron chi connectivity index (χ1n) is 9.66. The SMILES string of the molecule is O=c1ccn(-c2cccc(OCF)c2)nc1-c1ccnn1-c1cccc2ccccc12. The summed E-state index contributed by atoms with van der Waals surface area (Å²) in [7, 11) is 0. The van der Waals surface area contributed by atoms with Crippen LogP contribution >= 0.6 is 0 Å². The minimum absolute atomic E-state index is 0.227. The van der Waals surface area contributed by atoms with Crippen molar-refractivity contribution < 1.29 is 9.13 Å². The van der Waals surface area contributed by atoms with E-state index in [4.69, 9.17) is 4.74 Å². The Bertz CT molecular complexity index is 1440. The molecule has 3 aromatic carbocycles. The molecule has 0 atom stereocenters. The van der Waals surface area contributed by atoms with Gasteiger partial charge in [0, 0.05) is 23.7 Å². The molecule has 0 aliphatic carbocycles. The molecule has 0 fully saturated rings. The Kier molecular flexibility index (Phi) is 4.76. The molecule has 0 aliphatic heterocycles. The van der Waals surface area contributed by atoms with Gasteiger partial charge in [-0.3, -0.25) is 4.79 Å². The van der Waals surface area contributed by atoms with E-state index in [1.807, 2.05) is 42.5 Å². The Labute approximate surface area is 176 Å². The normalized spacial score (nSPS) is 11.0. The minimum Gasteiger partial charge on any atom is -0.463 e. The van der Waals surface area contributed by atoms with Gasteiger partial charge in [-0.25, -0.2) is 13.8 Å². The molecule has 2 aromatic heterocycles. The van der Waals surface area contributed by atoms with Gasteiger partial charge < -0.3 is 4.74 Å². The fourth-order valence-electron chi connectivity index (χ4n) is 3.58. The van der Waals surface area contributed by atoms with Crippen molar-refractivity contribution in [1.82, 2.24) is 19.6 Å². The van der Waals surface area contributed by atoms with Gasteiger partial charge in [0.25, 0.3) is 0 Å². The average molecular weight is 412 g/mol. The Morgan fingerprint density at radius 1 is 0.935 bits per heavy atom. The second-order valence-electron chi connectivity index (χ2n) is 6.85. The third-order valence-corrected chi connectivity index (χ3v) is 4.99. The molecule has 0 radical (unpaired) electrons. The summed E-state index contributed by atoms with van der Waals surface area (Å²) in [6.07, 6.45) is 3.21. The van der Waals surface area contributed by atoms with Crippen LogP contribution in [-0.2, 0) is 0 Å². The summed E-state index contributed by atoms with van der Waals surface area (Å²) >= 11 is 0. The summed E-state index contributed by atoms with van der Waals surface area (Å²) in [5.74, 6) is 0.378. The highest BCUT2D eigenvalue weighted by molar-refractivity contribution is 5.90. The zero-order valence-corrected chi connectivity index (χ0v) is 16.4. The predicted octanol–water partition coefficient (Wildman–Crippen LogP) is 4.54. The number of benzene rings is 3. The van der Waals surface area contributed by atoms with Gasteiger partial charge in [-0.1, -0.05) is 42.5 Å². The summed E-state index contributed by atoms with van der Waals surface area (Å²) in [6, 6.07) is 24.0. The van der Waals surface area contributed by atoms with Crippen molar-refractivity contribution in [1.29, 1.82) is 0 Å². The topological polar surface area (TPSA) is 61.9 Å². The molecule has 0 saturated carbocycles. The van der Waals surface area contributed by atoms with E-state index in [-0.39, 0.29) is 11.1 Å². The van der Waals surface area contributed by atoms with Crippen LogP contribution in [0.3, 0.4) is 0 Å². The zero-order valence-electron chi connectivity index (χ0n) is 16.4. The van der Waals surface area contributed by atoms with E-state index in [0.717, 1.165) is 16.5 Å². The molecule has 5 aromatic rings. The number of aromatic nitrogens is 4. The highest BCUT2D eigenvalue weighted by Gasteiger charge is 2.15. The molecule has 0 aliphatic rings. The maximum atomic E-state index is 12.7. The lowest BCUT2D eigenvalue weighted by atomic mass is 10.1. The molecule has 2 heterocycles. The summed E-state index contributed by atoms with van der Waals surface area (Å²) in [5.41, 5.74) is 2.10. The smallest absolute Gasteiger partial charge is 0.228 e. The van der Waals surface area contributed by atoms with Crippen LogP contribution in [0.5, 0.6) is 5.75 Å². The first kappa shape index (κ1) is 18.7. The van der Waals surface area contributed by atoms with Crippen molar-refractivity contribution in [3.05, 3.63) is 101 Å². The number of hydrogen-bond donors (Lipinski definition) is 0. The van der Waals surface area contributed by atoms with Crippen molar-refractivity contribution in [2.75, 3.05) is 6.86 Å². The fraction of sp³-hybridized carbons (Fsp3) is 0.0417. The maximum absolute atomic E-state index is 12.7. The Morgan fingerprint density at radius 2 is 1.77 bits per heavy atom. The van der Waals surface area contributed by atoms with Gasteiger partial charge in [-0.15, -0.1) is 0 Å². The highest BCUT2D eigenvalue weighted by atomic mass is 19.1. The van der Waals surface area contributed by atoms with E-state index >= 15 is 0 Å². The molecule has 152 valence electrons. The Hall–Kier alpha value is -4.26. The van der Waals surface area contributed by atoms with E-state index in [1.54, 1.807) is 52.1 Å². The van der Waals surface area contributed by atoms with Gasteiger partial charge in [0.15, 0.2) is 5.69 Å². The Morgan fingerprint density at radius 3 is 2.68 bits per heavy atom. The molecule has 0 unspecified atom stereocenters. The number of hydrogen-bond acceptors (Lipinski definition) is 4. The van der Waals surface area contributed by atoms with Crippen LogP contribution in [0, 0.1) is 0 Å². The van der Waals surface area contributed by atoms with E-state index < -0.39 is 6.86 Å². The van der Waals surface area contributed by atoms with Crippen LogP contribution in [0.25, 0.3) is 33.5 Å². The van der Waals surface area contributed by atoms with E-state index in [2.05, 4.69) is 10.2 Å². The van der Waals surface area contributed by atoms with E-state index in [1.165, 1.54) is 6.07 Å². The van der Waals surface area contributed by atoms with Crippen molar-refractivity contribution in [2.45, 2.75) is 0 Å². The van der Waals surface area contributed by atoms with Crippen LogP contribution in [0.15, 0.2) is 96.1 Å². The molecule has 0 saturated heterocycles. The Balaban J connectivity index is 1.65. The van der Waals surface area contributed by atoms with Crippen LogP contribution in [0.2, 0.25) is 0 Å². The van der Waals surface area contributed by atoms with Gasteiger partial charge in [0.1, 0.15) is 5.75 Å². The molecular weight excluding hydrogens is 395 g/mol. The monoisotopic (exact) mass is 412 g/mol. The highest BCUT2D eigenvalue weighted by Crippen LogP contribution is 2.26. The minimum atomic E-state index is -0.920. The van der Waals surface area contributed by atoms with E-state index in [0.29, 0.717) is 17.1 Å². The van der Waals surface area contributed by atoms with Crippen molar-refractivity contribution in [2.24, 2.45) is 0 Å². The lowest BCUT2D eigenvalue weighted by Gasteiger charge is -2.12. The fourth-order valence-corrected chi connectivity index (χ4v) is 3.58. The molecule has 0 bridgehead atoms. The number of nitrogens with zero attached hydrogens (tertiary/aromatic N) is 4. The lowest BCUT2D eigenvalue weighted by Crippen LogP contribution is -2.15. The number of ether oxygens (including phenoxy) is 1. The first-order chi connectivity index (χ1) is 15.2. The van der Waals surface area contributed by atoms with Crippen molar-refractivity contribution in [3.63, 3.8) is 0 Å². The standard InChI is InChI=1S/C24H17FN4O2/c25-16-31-19-8-4-7-18(15-19)28-14-12-23(30)24(27-28)22-11-13-26-29(22)21-10-3-6-17-5-1-2-9-20(17)21/h1-15H,16H2. The molecule has 0 spiro atoms. The van der Waals surface area contributed by atoms with E-state index in [9.17, 15) is 9.18 Å². The number of halogens is 1. The average Bonchev–Trinajstić information content (AvgIpc) is 3.29. The summed E-state index contributed by atoms with van der Waals surface area (Å²) < 4.78 is 20.7. The maximum Gasteiger partial charge on any atom is 0.228 e. The van der Waals surface area contributed by atoms with Gasteiger partial charge in [0.2, 0.25) is 12.3 Å². The van der Waals surface area contributed by atoms with Crippen LogP contribution in [0.1, 0.15) is 0 Å². The second-order valence-corrected chi connectivity index (χ2v) is 6.85. The van der Waals surface area contributed by atoms with Gasteiger partial charge in [-0.2, -0.15) is 10.2 Å². The van der Waals surface area contributed by atoms with Crippen molar-refractivity contribution in [3.8, 4) is 28.5 Å². The molecule has 7 heteroatoms. The van der Waals surface area contributed by atoms with Gasteiger partial charge in [0.05, 0.1) is 23.3 Å². The van der Waals surface area contributed by atoms with Gasteiger partial charge >= 0.3 is 0 Å². The molecule has 6 nitrogen and oxygen atoms in total. The molecule has 0 amide bonds. The molecular formula is C24H17FN4O2. The van der Waals surface area contributed by atoms with Crippen LogP contribution in [-0.4, -0.2) is 26.4 Å². The number of fused-ring (bicyclic) bond motifs is 1. The summed E-state index contributed by atoms with van der Waals surface area (Å²) in [4.78, 5) is 12.7. The molecule has 5 rings (SSSR count). The lowest BCUT2D eigenvalue weighted by molar-refractivity contribution is 0.191. The second kappa shape index (κ2) is 7.87. The molecule has 31 heavy (non-hydrogen) atoms. The third-order valence-electron chi connectivity index (χ3n) is 4.99. The van der Waals surface area contributed by atoms with Crippen molar-refractivity contribution >= 4 is 10.8 Å². The summed E-state index contributed by atoms with van der Waals surface area (Å²) in [6.45, 7) is -0.920. The largest absolute Gasteiger partial charge is 0.463 e. The first-order valence-corrected chi connectivity index (χ1v) is 9.66.